The summed E-state index contributed by atoms with van der Waals surface area (Å²) in [7, 11) is 0. The van der Waals surface area contributed by atoms with Crippen LogP contribution in [0.3, 0.4) is 0 Å². The van der Waals surface area contributed by atoms with Crippen LogP contribution in [-0.4, -0.2) is 24.4 Å². The molecule has 0 aromatic heterocycles. The zero-order chi connectivity index (χ0) is 20.5. The van der Waals surface area contributed by atoms with E-state index < -0.39 is 0 Å². The van der Waals surface area contributed by atoms with Gasteiger partial charge in [0.1, 0.15) is 0 Å². The number of rotatable bonds is 0. The van der Waals surface area contributed by atoms with E-state index >= 15 is 0 Å². The predicted octanol–water partition coefficient (Wildman–Crippen LogP) is 2.72. The van der Waals surface area contributed by atoms with Gasteiger partial charge in [-0.25, -0.2) is 0 Å². The molecule has 172 valence electrons. The van der Waals surface area contributed by atoms with Crippen LogP contribution in [0.15, 0.2) is 0 Å². The minimum atomic E-state index is -0.214. The molecular weight excluding hydrogens is 400 g/mol. The number of hydrogen-bond donors (Lipinski definition) is 0. The van der Waals surface area contributed by atoms with Gasteiger partial charge in [0.15, 0.2) is 0 Å². The van der Waals surface area contributed by atoms with Crippen molar-refractivity contribution < 1.29 is 42.1 Å². The minimum Gasteiger partial charge on any atom is -0.852 e. The Hall–Kier alpha value is 0.554. The summed E-state index contributed by atoms with van der Waals surface area (Å²) < 4.78 is 0. The second-order valence-electron chi connectivity index (χ2n) is 9.04. The summed E-state index contributed by atoms with van der Waals surface area (Å²) in [5.41, 5.74) is 0. The van der Waals surface area contributed by atoms with Crippen LogP contribution >= 0.6 is 0 Å². The zero-order valence-electron chi connectivity index (χ0n) is 18.6. The van der Waals surface area contributed by atoms with Gasteiger partial charge in [0.2, 0.25) is 0 Å². The van der Waals surface area contributed by atoms with Crippen LogP contribution in [0.5, 0.6) is 0 Å². The van der Waals surface area contributed by atoms with E-state index in [2.05, 4.69) is 0 Å². The third-order valence-electron chi connectivity index (χ3n) is 6.21. The Balaban J connectivity index is 0.000000356. The van der Waals surface area contributed by atoms with Crippen molar-refractivity contribution in [2.75, 3.05) is 0 Å². The van der Waals surface area contributed by atoms with Crippen LogP contribution < -0.4 is 20.4 Å². The zero-order valence-corrected chi connectivity index (χ0v) is 20.1. The molecule has 4 nitrogen and oxygen atoms in total. The Morgan fingerprint density at radius 3 is 0.483 bits per heavy atom. The van der Waals surface area contributed by atoms with Gasteiger partial charge in [0, 0.05) is 21.7 Å². The topological polar surface area (TPSA) is 92.2 Å². The van der Waals surface area contributed by atoms with E-state index in [9.17, 15) is 20.4 Å². The Bertz CT molecular complexity index is 255. The Morgan fingerprint density at radius 1 is 0.276 bits per heavy atom. The van der Waals surface area contributed by atoms with Gasteiger partial charge in [-0.1, -0.05) is 128 Å². The summed E-state index contributed by atoms with van der Waals surface area (Å²) in [4.78, 5) is 0. The first kappa shape index (κ1) is 29.6. The van der Waals surface area contributed by atoms with E-state index in [1.807, 2.05) is 0 Å². The molecule has 0 N–H and O–H groups in total. The molecule has 5 heteroatoms. The maximum Gasteiger partial charge on any atom is 0 e. The van der Waals surface area contributed by atoms with Crippen LogP contribution in [0.25, 0.3) is 0 Å². The summed E-state index contributed by atoms with van der Waals surface area (Å²) in [5, 5.41) is 42.2. The van der Waals surface area contributed by atoms with Crippen molar-refractivity contribution in [3.63, 3.8) is 0 Å². The molecule has 4 rings (SSSR count). The van der Waals surface area contributed by atoms with E-state index in [-0.39, 0.29) is 46.1 Å². The third kappa shape index (κ3) is 19.0. The fourth-order valence-corrected chi connectivity index (χ4v) is 4.26. The third-order valence-corrected chi connectivity index (χ3v) is 6.21. The molecule has 29 heavy (non-hydrogen) atoms. The summed E-state index contributed by atoms with van der Waals surface area (Å²) >= 11 is 0. The second-order valence-corrected chi connectivity index (χ2v) is 9.04. The maximum absolute atomic E-state index is 10.5. The van der Waals surface area contributed by atoms with Crippen molar-refractivity contribution >= 4 is 0 Å². The van der Waals surface area contributed by atoms with Gasteiger partial charge in [0.25, 0.3) is 0 Å². The van der Waals surface area contributed by atoms with Crippen molar-refractivity contribution in [2.24, 2.45) is 0 Å². The van der Waals surface area contributed by atoms with Gasteiger partial charge >= 0.3 is 0 Å². The normalized spacial score (nSPS) is 24.4. The largest absolute Gasteiger partial charge is 0.852 e. The van der Waals surface area contributed by atoms with Crippen LogP contribution in [0.4, 0.5) is 0 Å². The molecule has 0 amide bonds. The average molecular weight is 444 g/mol. The van der Waals surface area contributed by atoms with Gasteiger partial charge in [-0.2, -0.15) is 0 Å². The second kappa shape index (κ2) is 20.5. The summed E-state index contributed by atoms with van der Waals surface area (Å²) in [6.45, 7) is 0. The van der Waals surface area contributed by atoms with Gasteiger partial charge in [-0.15, -0.1) is 24.4 Å². The molecule has 0 atom stereocenters. The van der Waals surface area contributed by atoms with Crippen molar-refractivity contribution in [3.8, 4) is 0 Å². The van der Waals surface area contributed by atoms with E-state index in [1.165, 1.54) is 77.0 Å². The molecule has 0 aliphatic heterocycles. The number of hydrogen-bond acceptors (Lipinski definition) is 4. The molecule has 4 aliphatic rings. The molecule has 0 heterocycles. The van der Waals surface area contributed by atoms with Crippen molar-refractivity contribution in [1.29, 1.82) is 0 Å². The van der Waals surface area contributed by atoms with Crippen LogP contribution in [0, 0.1) is 0 Å². The molecule has 4 fully saturated rings. The predicted molar refractivity (Wildman–Crippen MR) is 107 cm³/mol. The first-order chi connectivity index (χ1) is 13.6. The van der Waals surface area contributed by atoms with Crippen molar-refractivity contribution in [2.45, 2.75) is 153 Å². The molecule has 4 saturated carbocycles. The van der Waals surface area contributed by atoms with Crippen LogP contribution in [0.2, 0.25) is 0 Å². The molecule has 0 unspecified atom stereocenters. The van der Waals surface area contributed by atoms with Crippen LogP contribution in [0.1, 0.15) is 128 Å². The van der Waals surface area contributed by atoms with Crippen molar-refractivity contribution in [3.05, 3.63) is 0 Å². The first-order valence-electron chi connectivity index (χ1n) is 12.2. The Morgan fingerprint density at radius 2 is 0.414 bits per heavy atom. The minimum absolute atomic E-state index is 0. The molecule has 0 spiro atoms. The van der Waals surface area contributed by atoms with Crippen LogP contribution in [-0.2, 0) is 21.7 Å². The summed E-state index contributed by atoms with van der Waals surface area (Å²) in [6.07, 6.45) is 21.1. The van der Waals surface area contributed by atoms with Crippen molar-refractivity contribution in [1.82, 2.24) is 0 Å². The molecule has 4 aliphatic carbocycles. The fourth-order valence-electron chi connectivity index (χ4n) is 4.26. The van der Waals surface area contributed by atoms with E-state index in [0.29, 0.717) is 0 Å². The van der Waals surface area contributed by atoms with Gasteiger partial charge < -0.3 is 20.4 Å². The molecule has 0 saturated heterocycles. The summed E-state index contributed by atoms with van der Waals surface area (Å²) in [6, 6.07) is 0. The van der Waals surface area contributed by atoms with Gasteiger partial charge in [0.05, 0.1) is 0 Å². The molecule has 0 bridgehead atoms. The Kier molecular flexibility index (Phi) is 20.8. The molecular formula is C24H44O4Ti-4. The van der Waals surface area contributed by atoms with Gasteiger partial charge in [-0.05, 0) is 0 Å². The monoisotopic (exact) mass is 444 g/mol. The molecule has 0 aromatic carbocycles. The maximum atomic E-state index is 10.5. The quantitative estimate of drug-likeness (QED) is 0.537. The first-order valence-corrected chi connectivity index (χ1v) is 12.2. The summed E-state index contributed by atoms with van der Waals surface area (Å²) in [5.74, 6) is 0. The average Bonchev–Trinajstić information content (AvgIpc) is 2.72. The van der Waals surface area contributed by atoms with E-state index in [1.54, 1.807) is 0 Å². The fraction of sp³-hybridized carbons (Fsp3) is 1.00. The van der Waals surface area contributed by atoms with Gasteiger partial charge in [-0.3, -0.25) is 0 Å². The smallest absolute Gasteiger partial charge is 0 e. The van der Waals surface area contributed by atoms with E-state index in [0.717, 1.165) is 51.4 Å². The molecule has 0 radical (unpaired) electrons. The standard InChI is InChI=1S/4C6H11O.Ti/c4*7-6-4-2-1-3-5-6;/h4*6H,1-5H2;/q4*-1;. The Labute approximate surface area is 194 Å². The SMILES string of the molecule is [O-]C1CCCCC1.[O-]C1CCCCC1.[O-]C1CCCCC1.[O-]C1CCCCC1.[Ti]. The van der Waals surface area contributed by atoms with E-state index in [4.69, 9.17) is 0 Å². The molecule has 0 aromatic rings.